The maximum absolute atomic E-state index is 12.3. The van der Waals surface area contributed by atoms with Crippen molar-refractivity contribution in [2.45, 2.75) is 16.9 Å². The second kappa shape index (κ2) is 9.90. The lowest BCUT2D eigenvalue weighted by Gasteiger charge is -2.31. The van der Waals surface area contributed by atoms with E-state index in [-0.39, 0.29) is 16.5 Å². The van der Waals surface area contributed by atoms with E-state index in [1.54, 1.807) is 19.4 Å². The number of carbonyl (C=O) groups excluding carboxylic acids is 1. The van der Waals surface area contributed by atoms with E-state index in [0.29, 0.717) is 12.2 Å². The van der Waals surface area contributed by atoms with E-state index in [0.717, 1.165) is 5.56 Å². The first-order valence-corrected chi connectivity index (χ1v) is 10.1. The fourth-order valence-electron chi connectivity index (χ4n) is 2.64. The van der Waals surface area contributed by atoms with Crippen molar-refractivity contribution in [2.75, 3.05) is 26.7 Å². The Morgan fingerprint density at radius 1 is 1.48 bits per heavy atom. The van der Waals surface area contributed by atoms with Crippen LogP contribution in [0.5, 0.6) is 5.75 Å². The molecule has 1 aromatic carbocycles. The van der Waals surface area contributed by atoms with Crippen LogP contribution < -0.4 is 4.74 Å². The summed E-state index contributed by atoms with van der Waals surface area (Å²) in [5.74, 6) is -0.305. The molecule has 128 valence electrons. The first kappa shape index (κ1) is 19.9. The predicted molar refractivity (Wildman–Crippen MR) is 97.4 cm³/mol. The SMILES string of the molecule is C=CCC(C(=O)OC)C(c1cccc(OC)c1)C(SC)[S+](C)[O-]. The number of benzene rings is 1. The Kier molecular flexibility index (Phi) is 8.58. The molecule has 0 radical (unpaired) electrons. The van der Waals surface area contributed by atoms with Crippen LogP contribution in [0, 0.1) is 5.92 Å². The molecule has 0 bridgehead atoms. The first-order chi connectivity index (χ1) is 11.0. The van der Waals surface area contributed by atoms with Crippen molar-refractivity contribution in [1.29, 1.82) is 0 Å². The van der Waals surface area contributed by atoms with E-state index >= 15 is 0 Å². The highest BCUT2D eigenvalue weighted by Gasteiger charge is 2.40. The Labute approximate surface area is 145 Å². The quantitative estimate of drug-likeness (QED) is 0.386. The summed E-state index contributed by atoms with van der Waals surface area (Å²) in [6.45, 7) is 3.74. The van der Waals surface area contributed by atoms with Crippen molar-refractivity contribution < 1.29 is 18.8 Å². The maximum Gasteiger partial charge on any atom is 0.309 e. The number of thioether (sulfide) groups is 1. The third kappa shape index (κ3) is 5.19. The average molecular weight is 357 g/mol. The normalized spacial score (nSPS) is 16.0. The Bertz CT molecular complexity index is 519. The highest BCUT2D eigenvalue weighted by Crippen LogP contribution is 2.40. The number of allylic oxidation sites excluding steroid dienone is 1. The van der Waals surface area contributed by atoms with Crippen LogP contribution >= 0.6 is 11.8 Å². The summed E-state index contributed by atoms with van der Waals surface area (Å²) in [5.41, 5.74) is 0.913. The molecule has 6 heteroatoms. The van der Waals surface area contributed by atoms with E-state index in [1.807, 2.05) is 30.5 Å². The van der Waals surface area contributed by atoms with Crippen molar-refractivity contribution in [2.24, 2.45) is 5.92 Å². The van der Waals surface area contributed by atoms with Crippen LogP contribution in [0.15, 0.2) is 36.9 Å². The minimum Gasteiger partial charge on any atom is -0.616 e. The monoisotopic (exact) mass is 356 g/mol. The molecular weight excluding hydrogens is 332 g/mol. The molecule has 0 amide bonds. The number of hydrogen-bond acceptors (Lipinski definition) is 5. The lowest BCUT2D eigenvalue weighted by Crippen LogP contribution is -2.34. The molecule has 4 nitrogen and oxygen atoms in total. The van der Waals surface area contributed by atoms with Crippen molar-refractivity contribution in [3.63, 3.8) is 0 Å². The topological polar surface area (TPSA) is 58.6 Å². The van der Waals surface area contributed by atoms with Gasteiger partial charge in [-0.1, -0.05) is 18.2 Å². The van der Waals surface area contributed by atoms with Crippen molar-refractivity contribution in [3.8, 4) is 5.75 Å². The average Bonchev–Trinajstić information content (AvgIpc) is 2.56. The summed E-state index contributed by atoms with van der Waals surface area (Å²) in [7, 11) is 2.97. The minimum absolute atomic E-state index is 0.230. The number of esters is 1. The molecule has 4 atom stereocenters. The summed E-state index contributed by atoms with van der Waals surface area (Å²) in [6, 6.07) is 7.54. The molecule has 1 rings (SSSR count). The summed E-state index contributed by atoms with van der Waals surface area (Å²) < 4.78 is 22.3. The number of ether oxygens (including phenoxy) is 2. The molecule has 0 fully saturated rings. The van der Waals surface area contributed by atoms with Gasteiger partial charge in [0.2, 0.25) is 0 Å². The van der Waals surface area contributed by atoms with Crippen LogP contribution in [-0.4, -0.2) is 41.8 Å². The van der Waals surface area contributed by atoms with Crippen LogP contribution in [0.3, 0.4) is 0 Å². The van der Waals surface area contributed by atoms with Crippen molar-refractivity contribution in [1.82, 2.24) is 0 Å². The van der Waals surface area contributed by atoms with E-state index in [1.165, 1.54) is 18.9 Å². The summed E-state index contributed by atoms with van der Waals surface area (Å²) >= 11 is 0.388. The zero-order chi connectivity index (χ0) is 17.4. The second-order valence-electron chi connectivity index (χ2n) is 5.06. The molecule has 0 aliphatic heterocycles. The van der Waals surface area contributed by atoms with Gasteiger partial charge < -0.3 is 14.0 Å². The van der Waals surface area contributed by atoms with E-state index in [2.05, 4.69) is 6.58 Å². The Morgan fingerprint density at radius 2 is 2.17 bits per heavy atom. The predicted octanol–water partition coefficient (Wildman–Crippen LogP) is 3.21. The largest absolute Gasteiger partial charge is 0.616 e. The van der Waals surface area contributed by atoms with Crippen molar-refractivity contribution in [3.05, 3.63) is 42.5 Å². The smallest absolute Gasteiger partial charge is 0.309 e. The number of carbonyl (C=O) groups is 1. The Balaban J connectivity index is 3.38. The summed E-state index contributed by atoms with van der Waals surface area (Å²) in [4.78, 5) is 12.3. The van der Waals surface area contributed by atoms with Crippen LogP contribution in [-0.2, 0) is 20.7 Å². The number of hydrogen-bond donors (Lipinski definition) is 0. The van der Waals surface area contributed by atoms with Gasteiger partial charge in [-0.15, -0.1) is 18.3 Å². The van der Waals surface area contributed by atoms with Gasteiger partial charge in [-0.25, -0.2) is 0 Å². The fourth-order valence-corrected chi connectivity index (χ4v) is 5.12. The first-order valence-electron chi connectivity index (χ1n) is 7.17. The van der Waals surface area contributed by atoms with Gasteiger partial charge in [0, 0.05) is 0 Å². The summed E-state index contributed by atoms with van der Waals surface area (Å²) in [6.07, 6.45) is 5.73. The van der Waals surface area contributed by atoms with Gasteiger partial charge in [-0.3, -0.25) is 4.79 Å². The van der Waals surface area contributed by atoms with E-state index < -0.39 is 17.1 Å². The third-order valence-corrected chi connectivity index (χ3v) is 6.79. The minimum atomic E-state index is -1.11. The third-order valence-electron chi connectivity index (χ3n) is 3.69. The molecule has 0 aliphatic rings. The van der Waals surface area contributed by atoms with E-state index in [4.69, 9.17) is 9.47 Å². The molecule has 1 aromatic rings. The molecule has 23 heavy (non-hydrogen) atoms. The Morgan fingerprint density at radius 3 is 2.65 bits per heavy atom. The van der Waals surface area contributed by atoms with Crippen LogP contribution in [0.25, 0.3) is 0 Å². The van der Waals surface area contributed by atoms with Crippen molar-refractivity contribution >= 4 is 28.9 Å². The van der Waals surface area contributed by atoms with Gasteiger partial charge in [0.05, 0.1) is 32.3 Å². The van der Waals surface area contributed by atoms with Gasteiger partial charge in [0.15, 0.2) is 4.58 Å². The lowest BCUT2D eigenvalue weighted by molar-refractivity contribution is -0.146. The van der Waals surface area contributed by atoms with E-state index in [9.17, 15) is 9.35 Å². The molecule has 0 saturated carbocycles. The highest BCUT2D eigenvalue weighted by atomic mass is 32.3. The molecule has 4 unspecified atom stereocenters. The molecule has 0 N–H and O–H groups in total. The van der Waals surface area contributed by atoms with Gasteiger partial charge >= 0.3 is 5.97 Å². The highest BCUT2D eigenvalue weighted by molar-refractivity contribution is 8.12. The Hall–Kier alpha value is -1.11. The van der Waals surface area contributed by atoms with Gasteiger partial charge in [0.25, 0.3) is 0 Å². The number of rotatable bonds is 9. The summed E-state index contributed by atoms with van der Waals surface area (Å²) in [5, 5.41) is 0. The number of methoxy groups -OCH3 is 2. The molecule has 0 saturated heterocycles. The molecule has 0 heterocycles. The molecule has 0 aromatic heterocycles. The lowest BCUT2D eigenvalue weighted by atomic mass is 9.85. The maximum atomic E-state index is 12.3. The van der Waals surface area contributed by atoms with Gasteiger partial charge in [0.1, 0.15) is 5.75 Å². The fraction of sp³-hybridized carbons (Fsp3) is 0.471. The zero-order valence-electron chi connectivity index (χ0n) is 14.0. The van der Waals surface area contributed by atoms with Crippen LogP contribution in [0.2, 0.25) is 0 Å². The van der Waals surface area contributed by atoms with Gasteiger partial charge in [-0.2, -0.15) is 0 Å². The van der Waals surface area contributed by atoms with Crippen LogP contribution in [0.4, 0.5) is 0 Å². The standard InChI is InChI=1S/C17H24O4S2/c1-6-8-14(16(18)21-3)15(17(22-4)23(5)19)12-9-7-10-13(11-12)20-2/h6-7,9-11,14-15,17H,1,8H2,2-5H3. The zero-order valence-corrected chi connectivity index (χ0v) is 15.6. The van der Waals surface area contributed by atoms with Crippen LogP contribution in [0.1, 0.15) is 17.9 Å². The molecule has 0 spiro atoms. The molecule has 0 aliphatic carbocycles. The van der Waals surface area contributed by atoms with Gasteiger partial charge in [-0.05, 0) is 41.5 Å². The molecular formula is C17H24O4S2. The second-order valence-corrected chi connectivity index (χ2v) is 7.84.